The Morgan fingerprint density at radius 2 is 2.00 bits per heavy atom. The summed E-state index contributed by atoms with van der Waals surface area (Å²) >= 11 is 1.54. The zero-order valence-corrected chi connectivity index (χ0v) is 13.1. The summed E-state index contributed by atoms with van der Waals surface area (Å²) in [6.07, 6.45) is 3.49. The summed E-state index contributed by atoms with van der Waals surface area (Å²) in [5.41, 5.74) is 1.44. The second-order valence-electron chi connectivity index (χ2n) is 4.81. The first-order chi connectivity index (χ1) is 10.7. The molecule has 3 aromatic heterocycles. The van der Waals surface area contributed by atoms with Gasteiger partial charge in [0.2, 0.25) is 0 Å². The van der Waals surface area contributed by atoms with Crippen LogP contribution in [-0.2, 0) is 19.8 Å². The predicted octanol–water partition coefficient (Wildman–Crippen LogP) is 1.87. The Labute approximate surface area is 131 Å². The number of aromatic nitrogens is 5. The molecule has 0 aromatic carbocycles. The van der Waals surface area contributed by atoms with Crippen LogP contribution < -0.4 is 5.56 Å². The SMILES string of the molecule is Cn1c(SCc2ccccn2)nnc1-c1cccn(C)c1=O. The minimum Gasteiger partial charge on any atom is -0.318 e. The van der Waals surface area contributed by atoms with Gasteiger partial charge in [-0.3, -0.25) is 9.78 Å². The molecule has 0 amide bonds. The zero-order chi connectivity index (χ0) is 15.5. The number of pyridine rings is 2. The van der Waals surface area contributed by atoms with E-state index in [0.717, 1.165) is 10.9 Å². The van der Waals surface area contributed by atoms with Crippen LogP contribution in [0.3, 0.4) is 0 Å². The first kappa shape index (κ1) is 14.5. The molecule has 0 aliphatic heterocycles. The van der Waals surface area contributed by atoms with Crippen LogP contribution in [0, 0.1) is 0 Å². The number of hydrogen-bond donors (Lipinski definition) is 0. The lowest BCUT2D eigenvalue weighted by Gasteiger charge is -2.04. The molecule has 22 heavy (non-hydrogen) atoms. The Morgan fingerprint density at radius 1 is 1.14 bits per heavy atom. The van der Waals surface area contributed by atoms with E-state index in [4.69, 9.17) is 0 Å². The Morgan fingerprint density at radius 3 is 2.77 bits per heavy atom. The van der Waals surface area contributed by atoms with Gasteiger partial charge in [0.25, 0.3) is 5.56 Å². The molecule has 6 nitrogen and oxygen atoms in total. The van der Waals surface area contributed by atoms with Crippen LogP contribution in [0.4, 0.5) is 0 Å². The summed E-state index contributed by atoms with van der Waals surface area (Å²) in [5.74, 6) is 1.28. The lowest BCUT2D eigenvalue weighted by Crippen LogP contribution is -2.18. The molecule has 3 heterocycles. The third kappa shape index (κ3) is 2.80. The lowest BCUT2D eigenvalue weighted by atomic mass is 10.2. The van der Waals surface area contributed by atoms with Crippen molar-refractivity contribution in [2.24, 2.45) is 14.1 Å². The van der Waals surface area contributed by atoms with Crippen LogP contribution in [0.15, 0.2) is 52.7 Å². The van der Waals surface area contributed by atoms with Crippen molar-refractivity contribution in [1.82, 2.24) is 24.3 Å². The van der Waals surface area contributed by atoms with Gasteiger partial charge in [-0.25, -0.2) is 0 Å². The van der Waals surface area contributed by atoms with Crippen molar-refractivity contribution < 1.29 is 0 Å². The highest BCUT2D eigenvalue weighted by atomic mass is 32.2. The molecule has 7 heteroatoms. The average Bonchev–Trinajstić information content (AvgIpc) is 2.90. The van der Waals surface area contributed by atoms with Gasteiger partial charge < -0.3 is 9.13 Å². The van der Waals surface area contributed by atoms with Gasteiger partial charge in [-0.15, -0.1) is 10.2 Å². The Balaban J connectivity index is 1.86. The number of aryl methyl sites for hydroxylation is 1. The fraction of sp³-hybridized carbons (Fsp3) is 0.200. The van der Waals surface area contributed by atoms with E-state index in [9.17, 15) is 4.79 Å². The number of thioether (sulfide) groups is 1. The largest absolute Gasteiger partial charge is 0.318 e. The molecule has 0 aliphatic rings. The molecule has 0 N–H and O–H groups in total. The number of nitrogens with zero attached hydrogens (tertiary/aromatic N) is 5. The standard InChI is InChI=1S/C15H15N5OS/c1-19-9-5-7-12(14(19)21)13-17-18-15(20(13)2)22-10-11-6-3-4-8-16-11/h3-9H,10H2,1-2H3. The van der Waals surface area contributed by atoms with Crippen molar-refractivity contribution in [3.8, 4) is 11.4 Å². The number of hydrogen-bond acceptors (Lipinski definition) is 5. The van der Waals surface area contributed by atoms with Crippen LogP contribution in [0.1, 0.15) is 5.69 Å². The average molecular weight is 313 g/mol. The van der Waals surface area contributed by atoms with Crippen LogP contribution >= 0.6 is 11.8 Å². The maximum absolute atomic E-state index is 12.2. The van der Waals surface area contributed by atoms with Gasteiger partial charge in [-0.1, -0.05) is 17.8 Å². The molecular weight excluding hydrogens is 298 g/mol. The molecule has 112 valence electrons. The second kappa shape index (κ2) is 6.15. The number of rotatable bonds is 4. The fourth-order valence-corrected chi connectivity index (χ4v) is 2.89. The topological polar surface area (TPSA) is 65.6 Å². The van der Waals surface area contributed by atoms with Crippen LogP contribution in [-0.4, -0.2) is 24.3 Å². The summed E-state index contributed by atoms with van der Waals surface area (Å²) in [6, 6.07) is 9.40. The van der Waals surface area contributed by atoms with Gasteiger partial charge in [-0.05, 0) is 24.3 Å². The van der Waals surface area contributed by atoms with Crippen molar-refractivity contribution in [3.63, 3.8) is 0 Å². The minimum atomic E-state index is -0.0840. The van der Waals surface area contributed by atoms with Gasteiger partial charge in [0.15, 0.2) is 11.0 Å². The zero-order valence-electron chi connectivity index (χ0n) is 12.3. The summed E-state index contributed by atoms with van der Waals surface area (Å²) in [7, 11) is 3.58. The Kier molecular flexibility index (Phi) is 4.06. The summed E-state index contributed by atoms with van der Waals surface area (Å²) < 4.78 is 3.37. The molecule has 0 atom stereocenters. The molecule has 0 radical (unpaired) electrons. The summed E-state index contributed by atoms with van der Waals surface area (Å²) in [6.45, 7) is 0. The van der Waals surface area contributed by atoms with Crippen molar-refractivity contribution >= 4 is 11.8 Å². The van der Waals surface area contributed by atoms with E-state index < -0.39 is 0 Å². The molecule has 3 aromatic rings. The highest BCUT2D eigenvalue weighted by molar-refractivity contribution is 7.98. The Hall–Kier alpha value is -2.41. The van der Waals surface area contributed by atoms with Crippen molar-refractivity contribution in [1.29, 1.82) is 0 Å². The Bertz CT molecular complexity index is 841. The highest BCUT2D eigenvalue weighted by Gasteiger charge is 2.14. The van der Waals surface area contributed by atoms with E-state index in [1.54, 1.807) is 37.3 Å². The van der Waals surface area contributed by atoms with Gasteiger partial charge >= 0.3 is 0 Å². The molecule has 3 rings (SSSR count). The molecule has 0 unspecified atom stereocenters. The van der Waals surface area contributed by atoms with E-state index >= 15 is 0 Å². The maximum Gasteiger partial charge on any atom is 0.261 e. The molecule has 0 fully saturated rings. The quantitative estimate of drug-likeness (QED) is 0.688. The van der Waals surface area contributed by atoms with E-state index in [1.165, 1.54) is 4.57 Å². The van der Waals surface area contributed by atoms with Crippen LogP contribution in [0.5, 0.6) is 0 Å². The molecule has 0 saturated heterocycles. The van der Waals surface area contributed by atoms with E-state index in [-0.39, 0.29) is 5.56 Å². The van der Waals surface area contributed by atoms with Gasteiger partial charge in [-0.2, -0.15) is 0 Å². The van der Waals surface area contributed by atoms with Crippen LogP contribution in [0.25, 0.3) is 11.4 Å². The molecule has 0 bridgehead atoms. The first-order valence-corrected chi connectivity index (χ1v) is 7.73. The highest BCUT2D eigenvalue weighted by Crippen LogP contribution is 2.23. The first-order valence-electron chi connectivity index (χ1n) is 6.75. The monoisotopic (exact) mass is 313 g/mol. The third-order valence-corrected chi connectivity index (χ3v) is 4.33. The smallest absolute Gasteiger partial charge is 0.261 e. The molecular formula is C15H15N5OS. The normalized spacial score (nSPS) is 10.8. The van der Waals surface area contributed by atoms with Crippen molar-refractivity contribution in [2.45, 2.75) is 10.9 Å². The fourth-order valence-electron chi connectivity index (χ4n) is 2.06. The van der Waals surface area contributed by atoms with Crippen molar-refractivity contribution in [3.05, 3.63) is 58.8 Å². The van der Waals surface area contributed by atoms with Crippen LogP contribution in [0.2, 0.25) is 0 Å². The maximum atomic E-state index is 12.2. The summed E-state index contributed by atoms with van der Waals surface area (Å²) in [5, 5.41) is 9.09. The second-order valence-corrected chi connectivity index (χ2v) is 5.76. The van der Waals surface area contributed by atoms with E-state index in [0.29, 0.717) is 17.1 Å². The molecule has 0 spiro atoms. The van der Waals surface area contributed by atoms with Gasteiger partial charge in [0.05, 0.1) is 11.3 Å². The molecule has 0 saturated carbocycles. The summed E-state index contributed by atoms with van der Waals surface area (Å²) in [4.78, 5) is 16.5. The van der Waals surface area contributed by atoms with Gasteiger partial charge in [0.1, 0.15) is 0 Å². The van der Waals surface area contributed by atoms with E-state index in [1.807, 2.05) is 35.9 Å². The van der Waals surface area contributed by atoms with E-state index in [2.05, 4.69) is 15.2 Å². The van der Waals surface area contributed by atoms with Crippen molar-refractivity contribution in [2.75, 3.05) is 0 Å². The minimum absolute atomic E-state index is 0.0840. The van der Waals surface area contributed by atoms with Gasteiger partial charge in [0, 0.05) is 32.2 Å². The predicted molar refractivity (Wildman–Crippen MR) is 85.5 cm³/mol. The lowest BCUT2D eigenvalue weighted by molar-refractivity contribution is 0.789. The molecule has 0 aliphatic carbocycles. The third-order valence-electron chi connectivity index (χ3n) is 3.27.